The lowest BCUT2D eigenvalue weighted by Gasteiger charge is -2.10. The first kappa shape index (κ1) is 17.6. The van der Waals surface area contributed by atoms with Gasteiger partial charge in [-0.15, -0.1) is 26.6 Å². The molecule has 0 saturated heterocycles. The summed E-state index contributed by atoms with van der Waals surface area (Å²) in [6, 6.07) is 8.49. The summed E-state index contributed by atoms with van der Waals surface area (Å²) in [7, 11) is 1.46. The SMILES string of the molecule is COc1cc(OCc2nn[nH]n2)ccc1C(=O)Nc1nnc(-c2cccs2)o1. The first-order valence-corrected chi connectivity index (χ1v) is 8.83. The molecule has 0 saturated carbocycles. The number of aromatic amines is 1. The summed E-state index contributed by atoms with van der Waals surface area (Å²) in [6.07, 6.45) is 0. The van der Waals surface area contributed by atoms with Crippen molar-refractivity contribution in [2.75, 3.05) is 12.4 Å². The number of ether oxygens (including phenoxy) is 2. The molecule has 4 rings (SSSR count). The van der Waals surface area contributed by atoms with Gasteiger partial charge in [-0.05, 0) is 23.6 Å². The van der Waals surface area contributed by atoms with E-state index in [9.17, 15) is 4.79 Å². The van der Waals surface area contributed by atoms with E-state index in [2.05, 4.69) is 36.1 Å². The van der Waals surface area contributed by atoms with E-state index in [1.807, 2.05) is 17.5 Å². The molecular formula is C16H13N7O4S. The molecule has 0 bridgehead atoms. The lowest BCUT2D eigenvalue weighted by molar-refractivity contribution is 0.102. The van der Waals surface area contributed by atoms with Crippen molar-refractivity contribution in [3.8, 4) is 22.3 Å². The number of aromatic nitrogens is 6. The van der Waals surface area contributed by atoms with E-state index in [0.717, 1.165) is 4.88 Å². The van der Waals surface area contributed by atoms with Crippen LogP contribution in [0, 0.1) is 0 Å². The number of thiophene rings is 1. The number of tetrazole rings is 1. The van der Waals surface area contributed by atoms with E-state index in [1.165, 1.54) is 18.4 Å². The zero-order valence-corrected chi connectivity index (χ0v) is 15.3. The molecule has 0 aliphatic carbocycles. The third kappa shape index (κ3) is 3.81. The van der Waals surface area contributed by atoms with Crippen LogP contribution >= 0.6 is 11.3 Å². The molecule has 3 heterocycles. The number of amides is 1. The van der Waals surface area contributed by atoms with Crippen LogP contribution in [0.2, 0.25) is 0 Å². The molecule has 142 valence electrons. The van der Waals surface area contributed by atoms with Gasteiger partial charge in [-0.25, -0.2) is 0 Å². The minimum absolute atomic E-state index is 0.00659. The Kier molecular flexibility index (Phi) is 4.93. The summed E-state index contributed by atoms with van der Waals surface area (Å²) in [5, 5.41) is 25.6. The van der Waals surface area contributed by atoms with Crippen molar-refractivity contribution in [1.29, 1.82) is 0 Å². The average molecular weight is 399 g/mol. The second-order valence-electron chi connectivity index (χ2n) is 5.32. The Morgan fingerprint density at radius 2 is 2.21 bits per heavy atom. The largest absolute Gasteiger partial charge is 0.496 e. The van der Waals surface area contributed by atoms with Gasteiger partial charge in [-0.1, -0.05) is 16.4 Å². The van der Waals surface area contributed by atoms with E-state index in [0.29, 0.717) is 23.2 Å². The first-order chi connectivity index (χ1) is 13.7. The van der Waals surface area contributed by atoms with Gasteiger partial charge >= 0.3 is 6.01 Å². The fourth-order valence-corrected chi connectivity index (χ4v) is 2.92. The summed E-state index contributed by atoms with van der Waals surface area (Å²) in [5.74, 6) is 1.08. The molecule has 0 spiro atoms. The third-order valence-electron chi connectivity index (χ3n) is 3.55. The van der Waals surface area contributed by atoms with Gasteiger partial charge < -0.3 is 13.9 Å². The number of carbonyl (C=O) groups excluding carboxylic acids is 1. The molecule has 0 aliphatic rings. The molecule has 1 amide bonds. The van der Waals surface area contributed by atoms with Crippen LogP contribution in [0.4, 0.5) is 6.01 Å². The molecular weight excluding hydrogens is 386 g/mol. The van der Waals surface area contributed by atoms with E-state index in [-0.39, 0.29) is 18.2 Å². The quantitative estimate of drug-likeness (QED) is 0.478. The summed E-state index contributed by atoms with van der Waals surface area (Å²) < 4.78 is 16.3. The van der Waals surface area contributed by atoms with Gasteiger partial charge in [0, 0.05) is 6.07 Å². The number of hydrogen-bond acceptors (Lipinski definition) is 10. The lowest BCUT2D eigenvalue weighted by atomic mass is 10.2. The van der Waals surface area contributed by atoms with Gasteiger partial charge in [0.15, 0.2) is 6.61 Å². The minimum atomic E-state index is -0.456. The maximum Gasteiger partial charge on any atom is 0.322 e. The predicted molar refractivity (Wildman–Crippen MR) is 97.1 cm³/mol. The summed E-state index contributed by atoms with van der Waals surface area (Å²) in [5.41, 5.74) is 0.283. The van der Waals surface area contributed by atoms with Crippen molar-refractivity contribution in [3.63, 3.8) is 0 Å². The molecule has 0 aliphatic heterocycles. The summed E-state index contributed by atoms with van der Waals surface area (Å²) >= 11 is 1.46. The normalized spacial score (nSPS) is 10.6. The van der Waals surface area contributed by atoms with Gasteiger partial charge in [-0.3, -0.25) is 10.1 Å². The van der Waals surface area contributed by atoms with Crippen molar-refractivity contribution in [1.82, 2.24) is 30.8 Å². The predicted octanol–water partition coefficient (Wildman–Crippen LogP) is 2.15. The Bertz CT molecular complexity index is 1060. The number of methoxy groups -OCH3 is 1. The zero-order valence-electron chi connectivity index (χ0n) is 14.4. The number of rotatable bonds is 7. The van der Waals surface area contributed by atoms with Gasteiger partial charge in [0.05, 0.1) is 17.6 Å². The second-order valence-corrected chi connectivity index (χ2v) is 6.27. The van der Waals surface area contributed by atoms with Crippen molar-refractivity contribution in [2.45, 2.75) is 6.61 Å². The van der Waals surface area contributed by atoms with Crippen molar-refractivity contribution >= 4 is 23.3 Å². The summed E-state index contributed by atoms with van der Waals surface area (Å²) in [4.78, 5) is 13.4. The Balaban J connectivity index is 1.46. The van der Waals surface area contributed by atoms with Crippen LogP contribution in [0.3, 0.4) is 0 Å². The molecule has 0 unspecified atom stereocenters. The van der Waals surface area contributed by atoms with Crippen molar-refractivity contribution < 1.29 is 18.7 Å². The van der Waals surface area contributed by atoms with Crippen molar-refractivity contribution in [3.05, 3.63) is 47.1 Å². The van der Waals surface area contributed by atoms with Crippen LogP contribution in [-0.2, 0) is 6.61 Å². The molecule has 2 N–H and O–H groups in total. The zero-order chi connectivity index (χ0) is 19.3. The number of nitrogens with one attached hydrogen (secondary N) is 2. The molecule has 1 aromatic carbocycles. The van der Waals surface area contributed by atoms with Gasteiger partial charge in [0.25, 0.3) is 11.8 Å². The monoisotopic (exact) mass is 399 g/mol. The highest BCUT2D eigenvalue weighted by molar-refractivity contribution is 7.13. The minimum Gasteiger partial charge on any atom is -0.496 e. The van der Waals surface area contributed by atoms with E-state index in [4.69, 9.17) is 13.9 Å². The van der Waals surface area contributed by atoms with Crippen LogP contribution in [0.1, 0.15) is 16.2 Å². The third-order valence-corrected chi connectivity index (χ3v) is 4.41. The fraction of sp³-hybridized carbons (Fsp3) is 0.125. The van der Waals surface area contributed by atoms with E-state index < -0.39 is 5.91 Å². The average Bonchev–Trinajstić information content (AvgIpc) is 3.48. The number of H-pyrrole nitrogens is 1. The van der Waals surface area contributed by atoms with E-state index >= 15 is 0 Å². The van der Waals surface area contributed by atoms with Crippen LogP contribution < -0.4 is 14.8 Å². The first-order valence-electron chi connectivity index (χ1n) is 7.95. The molecule has 0 atom stereocenters. The molecule has 0 fully saturated rings. The van der Waals surface area contributed by atoms with Crippen LogP contribution in [0.5, 0.6) is 11.5 Å². The summed E-state index contributed by atoms with van der Waals surface area (Å²) in [6.45, 7) is 0.124. The lowest BCUT2D eigenvalue weighted by Crippen LogP contribution is -2.13. The Morgan fingerprint density at radius 1 is 1.29 bits per heavy atom. The molecule has 12 heteroatoms. The Labute approximate surface area is 161 Å². The topological polar surface area (TPSA) is 141 Å². The van der Waals surface area contributed by atoms with Gasteiger partial charge in [0.1, 0.15) is 11.5 Å². The number of benzene rings is 1. The number of hydrogen-bond donors (Lipinski definition) is 2. The van der Waals surface area contributed by atoms with Crippen LogP contribution in [-0.4, -0.2) is 43.8 Å². The Morgan fingerprint density at radius 3 is 2.96 bits per heavy atom. The van der Waals surface area contributed by atoms with Gasteiger partial charge in [-0.2, -0.15) is 5.21 Å². The second kappa shape index (κ2) is 7.84. The molecule has 0 radical (unpaired) electrons. The van der Waals surface area contributed by atoms with Crippen LogP contribution in [0.15, 0.2) is 40.1 Å². The molecule has 11 nitrogen and oxygen atoms in total. The highest BCUT2D eigenvalue weighted by atomic mass is 32.1. The molecule has 4 aromatic rings. The maximum atomic E-state index is 12.6. The Hall–Kier alpha value is -3.80. The molecule has 3 aromatic heterocycles. The highest BCUT2D eigenvalue weighted by Gasteiger charge is 2.17. The van der Waals surface area contributed by atoms with Crippen LogP contribution in [0.25, 0.3) is 10.8 Å². The maximum absolute atomic E-state index is 12.6. The number of carbonyl (C=O) groups is 1. The number of anilines is 1. The molecule has 28 heavy (non-hydrogen) atoms. The van der Waals surface area contributed by atoms with Crippen molar-refractivity contribution in [2.24, 2.45) is 0 Å². The van der Waals surface area contributed by atoms with E-state index in [1.54, 1.807) is 18.2 Å². The highest BCUT2D eigenvalue weighted by Crippen LogP contribution is 2.27. The van der Waals surface area contributed by atoms with Gasteiger partial charge in [0.2, 0.25) is 5.82 Å². The smallest absolute Gasteiger partial charge is 0.322 e. The standard InChI is InChI=1S/C16H13N7O4S/c1-25-11-7-9(26-8-13-18-22-23-19-13)4-5-10(11)14(24)17-16-21-20-15(27-16)12-3-2-6-28-12/h2-7H,8H2,1H3,(H,17,21,24)(H,18,19,22,23). The number of nitrogens with zero attached hydrogens (tertiary/aromatic N) is 5. The fourth-order valence-electron chi connectivity index (χ4n) is 2.28.